The normalized spacial score (nSPS) is 20.8. The molecule has 0 saturated carbocycles. The van der Waals surface area contributed by atoms with Crippen LogP contribution in [0.15, 0.2) is 46.9 Å². The van der Waals surface area contributed by atoms with Gasteiger partial charge in [0.2, 0.25) is 5.91 Å². The van der Waals surface area contributed by atoms with Crippen molar-refractivity contribution < 1.29 is 18.7 Å². The number of amides is 1. The first-order valence-electron chi connectivity index (χ1n) is 8.41. The van der Waals surface area contributed by atoms with E-state index in [1.807, 2.05) is 31.2 Å². The monoisotopic (exact) mass is 421 g/mol. The van der Waals surface area contributed by atoms with Gasteiger partial charge in [-0.3, -0.25) is 4.79 Å². The maximum Gasteiger partial charge on any atom is 0.225 e. The summed E-state index contributed by atoms with van der Waals surface area (Å²) in [7, 11) is 1.61. The molecule has 3 rings (SSSR count). The summed E-state index contributed by atoms with van der Waals surface area (Å²) < 4.78 is 26.3. The Bertz CT molecular complexity index is 796. The highest BCUT2D eigenvalue weighted by atomic mass is 79.9. The molecule has 0 N–H and O–H groups in total. The van der Waals surface area contributed by atoms with Crippen molar-refractivity contribution >= 4 is 21.8 Å². The van der Waals surface area contributed by atoms with Gasteiger partial charge in [-0.15, -0.1) is 0 Å². The van der Waals surface area contributed by atoms with E-state index in [-0.39, 0.29) is 24.8 Å². The minimum Gasteiger partial charge on any atom is -0.497 e. The smallest absolute Gasteiger partial charge is 0.225 e. The summed E-state index contributed by atoms with van der Waals surface area (Å²) in [6.07, 6.45) is 0.279. The van der Waals surface area contributed by atoms with E-state index >= 15 is 0 Å². The third-order valence-electron chi connectivity index (χ3n) is 4.75. The Balaban J connectivity index is 2.01. The number of methoxy groups -OCH3 is 1. The number of rotatable bonds is 4. The van der Waals surface area contributed by atoms with Gasteiger partial charge in [0, 0.05) is 16.6 Å². The van der Waals surface area contributed by atoms with Crippen LogP contribution >= 0.6 is 15.9 Å². The van der Waals surface area contributed by atoms with Gasteiger partial charge in [0.1, 0.15) is 11.6 Å². The summed E-state index contributed by atoms with van der Waals surface area (Å²) in [5.41, 5.74) is 0.486. The van der Waals surface area contributed by atoms with Crippen LogP contribution in [0.5, 0.6) is 5.75 Å². The molecule has 1 unspecified atom stereocenters. The summed E-state index contributed by atoms with van der Waals surface area (Å²) in [5, 5.41) is 0. The van der Waals surface area contributed by atoms with E-state index in [0.717, 1.165) is 15.8 Å². The highest BCUT2D eigenvalue weighted by Crippen LogP contribution is 2.36. The molecule has 0 spiro atoms. The molecule has 1 aliphatic heterocycles. The second-order valence-corrected chi connectivity index (χ2v) is 7.44. The molecule has 1 aliphatic rings. The Labute approximate surface area is 161 Å². The van der Waals surface area contributed by atoms with Crippen molar-refractivity contribution in [2.75, 3.05) is 20.3 Å². The average Bonchev–Trinajstić information content (AvgIpc) is 2.78. The number of carbonyl (C=O) groups excluding carboxylic acids is 1. The van der Waals surface area contributed by atoms with Gasteiger partial charge in [-0.25, -0.2) is 4.39 Å². The zero-order chi connectivity index (χ0) is 18.7. The van der Waals surface area contributed by atoms with Crippen molar-refractivity contribution in [1.82, 2.24) is 4.90 Å². The summed E-state index contributed by atoms with van der Waals surface area (Å²) in [6.45, 7) is 2.80. The standard InChI is InChI=1S/C20H21BrFNO3/c1-20(17-11-15(21)5-8-18(17)22)13-26-10-9-19(24)23(20)12-14-3-6-16(25-2)7-4-14/h3-8,11H,9-10,12-13H2,1-2H3. The maximum absolute atomic E-state index is 14.6. The van der Waals surface area contributed by atoms with Gasteiger partial charge in [-0.2, -0.15) is 0 Å². The molecule has 1 fully saturated rings. The van der Waals surface area contributed by atoms with Gasteiger partial charge in [-0.05, 0) is 42.8 Å². The van der Waals surface area contributed by atoms with E-state index in [1.165, 1.54) is 6.07 Å². The number of nitrogens with zero attached hydrogens (tertiary/aromatic N) is 1. The molecule has 0 bridgehead atoms. The third-order valence-corrected chi connectivity index (χ3v) is 5.24. The highest BCUT2D eigenvalue weighted by Gasteiger charge is 2.41. The first-order chi connectivity index (χ1) is 12.4. The number of carbonyl (C=O) groups is 1. The largest absolute Gasteiger partial charge is 0.497 e. The number of ether oxygens (including phenoxy) is 2. The molecule has 1 atom stereocenters. The minimum atomic E-state index is -0.901. The molecule has 1 heterocycles. The Morgan fingerprint density at radius 1 is 1.27 bits per heavy atom. The topological polar surface area (TPSA) is 38.8 Å². The fourth-order valence-electron chi connectivity index (χ4n) is 3.23. The SMILES string of the molecule is COc1ccc(CN2C(=O)CCOCC2(C)c2cc(Br)ccc2F)cc1. The van der Waals surface area contributed by atoms with Crippen molar-refractivity contribution in [2.45, 2.75) is 25.4 Å². The molecule has 0 aromatic heterocycles. The van der Waals surface area contributed by atoms with Crippen LogP contribution in [0.1, 0.15) is 24.5 Å². The molecule has 6 heteroatoms. The second-order valence-electron chi connectivity index (χ2n) is 6.53. The lowest BCUT2D eigenvalue weighted by atomic mass is 9.89. The Morgan fingerprint density at radius 2 is 2.00 bits per heavy atom. The zero-order valence-corrected chi connectivity index (χ0v) is 16.4. The molecule has 26 heavy (non-hydrogen) atoms. The minimum absolute atomic E-state index is 0.0554. The number of hydrogen-bond donors (Lipinski definition) is 0. The summed E-state index contributed by atoms with van der Waals surface area (Å²) >= 11 is 3.40. The lowest BCUT2D eigenvalue weighted by Crippen LogP contribution is -2.49. The van der Waals surface area contributed by atoms with E-state index in [2.05, 4.69) is 15.9 Å². The summed E-state index contributed by atoms with van der Waals surface area (Å²) in [5.74, 6) is 0.342. The van der Waals surface area contributed by atoms with Crippen LogP contribution in [0.4, 0.5) is 4.39 Å². The van der Waals surface area contributed by atoms with Crippen molar-refractivity contribution in [1.29, 1.82) is 0 Å². The van der Waals surface area contributed by atoms with Gasteiger partial charge < -0.3 is 14.4 Å². The fourth-order valence-corrected chi connectivity index (χ4v) is 3.59. The van der Waals surface area contributed by atoms with Gasteiger partial charge in [0.15, 0.2) is 0 Å². The van der Waals surface area contributed by atoms with Gasteiger partial charge in [0.25, 0.3) is 0 Å². The van der Waals surface area contributed by atoms with Gasteiger partial charge in [0.05, 0.1) is 32.3 Å². The van der Waals surface area contributed by atoms with Crippen LogP contribution in [0.25, 0.3) is 0 Å². The lowest BCUT2D eigenvalue weighted by Gasteiger charge is -2.40. The molecule has 2 aromatic rings. The van der Waals surface area contributed by atoms with Crippen LogP contribution in [0, 0.1) is 5.82 Å². The van der Waals surface area contributed by atoms with Crippen LogP contribution in [-0.4, -0.2) is 31.1 Å². The van der Waals surface area contributed by atoms with Crippen molar-refractivity contribution in [3.63, 3.8) is 0 Å². The summed E-state index contributed by atoms with van der Waals surface area (Å²) in [4.78, 5) is 14.5. The van der Waals surface area contributed by atoms with Crippen molar-refractivity contribution in [3.8, 4) is 5.75 Å². The number of benzene rings is 2. The summed E-state index contributed by atoms with van der Waals surface area (Å²) in [6, 6.07) is 12.3. The highest BCUT2D eigenvalue weighted by molar-refractivity contribution is 9.10. The van der Waals surface area contributed by atoms with Crippen molar-refractivity contribution in [3.05, 3.63) is 63.9 Å². The van der Waals surface area contributed by atoms with Crippen molar-refractivity contribution in [2.24, 2.45) is 0 Å². The van der Waals surface area contributed by atoms with Gasteiger partial charge in [-0.1, -0.05) is 28.1 Å². The lowest BCUT2D eigenvalue weighted by molar-refractivity contribution is -0.137. The molecule has 4 nitrogen and oxygen atoms in total. The van der Waals surface area contributed by atoms with E-state index in [4.69, 9.17) is 9.47 Å². The van der Waals surface area contributed by atoms with E-state index in [1.54, 1.807) is 24.1 Å². The maximum atomic E-state index is 14.6. The molecular formula is C20H21BrFNO3. The molecule has 1 amide bonds. The number of halogens is 2. The predicted molar refractivity (Wildman–Crippen MR) is 100 cm³/mol. The molecule has 1 saturated heterocycles. The molecule has 0 radical (unpaired) electrons. The number of hydrogen-bond acceptors (Lipinski definition) is 3. The quantitative estimate of drug-likeness (QED) is 0.739. The average molecular weight is 422 g/mol. The molecule has 138 valence electrons. The fraction of sp³-hybridized carbons (Fsp3) is 0.350. The predicted octanol–water partition coefficient (Wildman–Crippen LogP) is 4.26. The first kappa shape index (κ1) is 18.9. The van der Waals surface area contributed by atoms with E-state index in [0.29, 0.717) is 18.7 Å². The zero-order valence-electron chi connectivity index (χ0n) is 14.8. The second kappa shape index (κ2) is 7.76. The van der Waals surface area contributed by atoms with Crippen LogP contribution < -0.4 is 4.74 Å². The van der Waals surface area contributed by atoms with Crippen LogP contribution in [0.3, 0.4) is 0 Å². The third kappa shape index (κ3) is 3.76. The molecule has 0 aliphatic carbocycles. The first-order valence-corrected chi connectivity index (χ1v) is 9.20. The van der Waals surface area contributed by atoms with E-state index < -0.39 is 5.54 Å². The van der Waals surface area contributed by atoms with E-state index in [9.17, 15) is 9.18 Å². The Morgan fingerprint density at radius 3 is 2.69 bits per heavy atom. The Hall–Kier alpha value is -1.92. The van der Waals surface area contributed by atoms with Gasteiger partial charge >= 0.3 is 0 Å². The Kier molecular flexibility index (Phi) is 5.63. The van der Waals surface area contributed by atoms with Crippen LogP contribution in [-0.2, 0) is 21.6 Å². The van der Waals surface area contributed by atoms with Crippen LogP contribution in [0.2, 0.25) is 0 Å². The molecular weight excluding hydrogens is 401 g/mol. The molecule has 2 aromatic carbocycles.